The quantitative estimate of drug-likeness (QED) is 0.783. The van der Waals surface area contributed by atoms with E-state index in [2.05, 4.69) is 15.7 Å². The third-order valence-electron chi connectivity index (χ3n) is 4.55. The molecule has 134 valence electrons. The summed E-state index contributed by atoms with van der Waals surface area (Å²) >= 11 is 0. The van der Waals surface area contributed by atoms with Gasteiger partial charge in [-0.05, 0) is 44.1 Å². The topological polar surface area (TPSA) is 93.1 Å². The number of rotatable bonds is 6. The molecule has 0 bridgehead atoms. The van der Waals surface area contributed by atoms with Crippen LogP contribution in [-0.2, 0) is 20.2 Å². The number of sulfone groups is 1. The van der Waals surface area contributed by atoms with Crippen molar-refractivity contribution in [1.29, 1.82) is 0 Å². The minimum atomic E-state index is -3.41. The standard InChI is InChI=1S/C17H22N4O3S/c22-16(17(7-10-18-11-8-17)21-13-4-9-20-21)19-12-14-25(23,24)15-5-2-1-3-6-15/h1-6,9,13,18H,7-8,10-12,14H2,(H,19,22). The average Bonchev–Trinajstić information content (AvgIpc) is 3.18. The Balaban J connectivity index is 1.67. The summed E-state index contributed by atoms with van der Waals surface area (Å²) in [6.07, 6.45) is 4.67. The van der Waals surface area contributed by atoms with E-state index in [4.69, 9.17) is 0 Å². The normalized spacial score (nSPS) is 17.1. The molecule has 2 aromatic rings. The summed E-state index contributed by atoms with van der Waals surface area (Å²) in [4.78, 5) is 13.1. The second-order valence-corrected chi connectivity index (χ2v) is 8.23. The largest absolute Gasteiger partial charge is 0.353 e. The Morgan fingerprint density at radius 1 is 1.20 bits per heavy atom. The Morgan fingerprint density at radius 3 is 2.56 bits per heavy atom. The number of hydrogen-bond donors (Lipinski definition) is 2. The molecule has 0 aliphatic carbocycles. The highest BCUT2D eigenvalue weighted by molar-refractivity contribution is 7.91. The summed E-state index contributed by atoms with van der Waals surface area (Å²) in [5, 5.41) is 10.3. The Hall–Kier alpha value is -2.19. The summed E-state index contributed by atoms with van der Waals surface area (Å²) in [6.45, 7) is 1.51. The molecular weight excluding hydrogens is 340 g/mol. The zero-order valence-corrected chi connectivity index (χ0v) is 14.7. The third kappa shape index (κ3) is 3.74. The molecule has 3 rings (SSSR count). The maximum atomic E-state index is 12.8. The molecule has 7 nitrogen and oxygen atoms in total. The van der Waals surface area contributed by atoms with Gasteiger partial charge >= 0.3 is 0 Å². The maximum Gasteiger partial charge on any atom is 0.248 e. The van der Waals surface area contributed by atoms with E-state index in [1.165, 1.54) is 0 Å². The van der Waals surface area contributed by atoms with E-state index in [1.807, 2.05) is 0 Å². The predicted molar refractivity (Wildman–Crippen MR) is 93.8 cm³/mol. The smallest absolute Gasteiger partial charge is 0.248 e. The highest BCUT2D eigenvalue weighted by Crippen LogP contribution is 2.27. The third-order valence-corrected chi connectivity index (χ3v) is 6.29. The molecule has 1 aromatic carbocycles. The van der Waals surface area contributed by atoms with Crippen molar-refractivity contribution in [2.75, 3.05) is 25.4 Å². The Bertz CT molecular complexity index is 798. The number of carbonyl (C=O) groups excluding carboxylic acids is 1. The number of benzene rings is 1. The van der Waals surface area contributed by atoms with Crippen molar-refractivity contribution in [3.63, 3.8) is 0 Å². The molecule has 0 radical (unpaired) electrons. The predicted octanol–water partition coefficient (Wildman–Crippen LogP) is 0.552. The van der Waals surface area contributed by atoms with Crippen LogP contribution < -0.4 is 10.6 Å². The SMILES string of the molecule is O=C(NCCS(=O)(=O)c1ccccc1)C1(n2cccn2)CCNCC1. The fourth-order valence-corrected chi connectivity index (χ4v) is 4.31. The van der Waals surface area contributed by atoms with Crippen molar-refractivity contribution in [3.05, 3.63) is 48.8 Å². The lowest BCUT2D eigenvalue weighted by Gasteiger charge is -2.36. The highest BCUT2D eigenvalue weighted by Gasteiger charge is 2.41. The van der Waals surface area contributed by atoms with Gasteiger partial charge in [-0.15, -0.1) is 0 Å². The summed E-state index contributed by atoms with van der Waals surface area (Å²) in [5.74, 6) is -0.308. The number of piperidine rings is 1. The number of nitrogens with zero attached hydrogens (tertiary/aromatic N) is 2. The van der Waals surface area contributed by atoms with Crippen molar-refractivity contribution in [2.45, 2.75) is 23.3 Å². The van der Waals surface area contributed by atoms with Crippen molar-refractivity contribution in [1.82, 2.24) is 20.4 Å². The molecule has 1 saturated heterocycles. The van der Waals surface area contributed by atoms with Crippen molar-refractivity contribution < 1.29 is 13.2 Å². The van der Waals surface area contributed by atoms with Gasteiger partial charge in [0.2, 0.25) is 5.91 Å². The average molecular weight is 362 g/mol. The van der Waals surface area contributed by atoms with Gasteiger partial charge in [-0.3, -0.25) is 9.48 Å². The van der Waals surface area contributed by atoms with Gasteiger partial charge in [0.25, 0.3) is 0 Å². The van der Waals surface area contributed by atoms with Crippen LogP contribution in [0.3, 0.4) is 0 Å². The Morgan fingerprint density at radius 2 is 1.92 bits per heavy atom. The minimum absolute atomic E-state index is 0.0759. The fourth-order valence-electron chi connectivity index (χ4n) is 3.13. The van der Waals surface area contributed by atoms with Crippen molar-refractivity contribution >= 4 is 15.7 Å². The molecule has 1 aromatic heterocycles. The van der Waals surface area contributed by atoms with Gasteiger partial charge < -0.3 is 10.6 Å². The van der Waals surface area contributed by atoms with Gasteiger partial charge in [0.15, 0.2) is 9.84 Å². The number of hydrogen-bond acceptors (Lipinski definition) is 5. The first-order valence-corrected chi connectivity index (χ1v) is 9.97. The minimum Gasteiger partial charge on any atom is -0.353 e. The number of aromatic nitrogens is 2. The molecular formula is C17H22N4O3S. The molecule has 1 amide bonds. The van der Waals surface area contributed by atoms with E-state index in [-0.39, 0.29) is 23.1 Å². The van der Waals surface area contributed by atoms with Crippen LogP contribution in [0, 0.1) is 0 Å². The van der Waals surface area contributed by atoms with Crippen molar-refractivity contribution in [2.24, 2.45) is 0 Å². The summed E-state index contributed by atoms with van der Waals surface area (Å²) < 4.78 is 26.3. The maximum absolute atomic E-state index is 12.8. The van der Waals surface area contributed by atoms with Gasteiger partial charge in [0, 0.05) is 18.9 Å². The summed E-state index contributed by atoms with van der Waals surface area (Å²) in [5.41, 5.74) is -0.759. The lowest BCUT2D eigenvalue weighted by Crippen LogP contribution is -2.55. The van der Waals surface area contributed by atoms with Crippen LogP contribution >= 0.6 is 0 Å². The molecule has 2 N–H and O–H groups in total. The zero-order valence-electron chi connectivity index (χ0n) is 13.9. The van der Waals surface area contributed by atoms with Crippen LogP contribution in [0.15, 0.2) is 53.7 Å². The van der Waals surface area contributed by atoms with Crippen LogP contribution in [0.25, 0.3) is 0 Å². The van der Waals surface area contributed by atoms with Crippen LogP contribution in [0.5, 0.6) is 0 Å². The molecule has 0 saturated carbocycles. The first kappa shape index (κ1) is 17.6. The molecule has 25 heavy (non-hydrogen) atoms. The molecule has 0 spiro atoms. The number of amides is 1. The first-order chi connectivity index (χ1) is 12.0. The van der Waals surface area contributed by atoms with Gasteiger partial charge in [-0.1, -0.05) is 18.2 Å². The number of carbonyl (C=O) groups is 1. The first-order valence-electron chi connectivity index (χ1n) is 8.32. The lowest BCUT2D eigenvalue weighted by molar-refractivity contribution is -0.131. The van der Waals surface area contributed by atoms with E-state index in [0.29, 0.717) is 12.8 Å². The van der Waals surface area contributed by atoms with Crippen LogP contribution in [0.1, 0.15) is 12.8 Å². The second kappa shape index (κ2) is 7.37. The van der Waals surface area contributed by atoms with Gasteiger partial charge in [0.05, 0.1) is 10.6 Å². The molecule has 0 unspecified atom stereocenters. The summed E-state index contributed by atoms with van der Waals surface area (Å²) in [7, 11) is -3.41. The van der Waals surface area contributed by atoms with E-state index in [9.17, 15) is 13.2 Å². The van der Waals surface area contributed by atoms with Crippen molar-refractivity contribution in [3.8, 4) is 0 Å². The Kier molecular flexibility index (Phi) is 5.19. The van der Waals surface area contributed by atoms with E-state index in [0.717, 1.165) is 13.1 Å². The highest BCUT2D eigenvalue weighted by atomic mass is 32.2. The molecule has 1 aliphatic heterocycles. The fraction of sp³-hybridized carbons (Fsp3) is 0.412. The lowest BCUT2D eigenvalue weighted by atomic mass is 9.87. The summed E-state index contributed by atoms with van der Waals surface area (Å²) in [6, 6.07) is 10.1. The molecule has 0 atom stereocenters. The molecule has 1 fully saturated rings. The van der Waals surface area contributed by atoms with E-state index < -0.39 is 15.4 Å². The monoisotopic (exact) mass is 362 g/mol. The Labute approximate surface area is 147 Å². The molecule has 2 heterocycles. The molecule has 8 heteroatoms. The van der Waals surface area contributed by atoms with Crippen LogP contribution in [-0.4, -0.2) is 49.5 Å². The van der Waals surface area contributed by atoms with Crippen LogP contribution in [0.2, 0.25) is 0 Å². The molecule has 1 aliphatic rings. The second-order valence-electron chi connectivity index (χ2n) is 6.12. The van der Waals surface area contributed by atoms with Gasteiger partial charge in [-0.2, -0.15) is 5.10 Å². The van der Waals surface area contributed by atoms with Gasteiger partial charge in [-0.25, -0.2) is 8.42 Å². The van der Waals surface area contributed by atoms with E-state index >= 15 is 0 Å². The van der Waals surface area contributed by atoms with Crippen LogP contribution in [0.4, 0.5) is 0 Å². The number of nitrogens with one attached hydrogen (secondary N) is 2. The van der Waals surface area contributed by atoms with Gasteiger partial charge in [0.1, 0.15) is 5.54 Å². The van der Waals surface area contributed by atoms with E-state index in [1.54, 1.807) is 53.5 Å². The zero-order chi connectivity index (χ0) is 17.8.